The molecule has 4 N–H and O–H groups in total. The number of fused-ring (bicyclic) bond motifs is 5. The van der Waals surface area contributed by atoms with Gasteiger partial charge in [0.2, 0.25) is 0 Å². The summed E-state index contributed by atoms with van der Waals surface area (Å²) in [4.78, 5) is 81.5. The molecule has 1 saturated heterocycles. The number of hydrogen-bond donors (Lipinski definition) is 4. The Morgan fingerprint density at radius 1 is 1.04 bits per heavy atom. The molecule has 312 valence electrons. The lowest BCUT2D eigenvalue weighted by atomic mass is 9.44. The molecule has 16 heteroatoms. The minimum atomic E-state index is -2.37. The zero-order valence-corrected chi connectivity index (χ0v) is 33.4. The highest BCUT2D eigenvalue weighted by Crippen LogP contribution is 2.64. The SMILES string of the molecule is C=CCOC(=O)N[C@@H](C(C)C)[C@@H](O)C(=O)OC1C[C@@]2(O)[C@@H](OC(=O)c3ccccc3)[C@@H]3[C@]4(OC(C)=O)CO[C@@H]4C[C@H](O)[C@@]3(C)C(=O)[C@H](OC(C)=O)C(=C1C)C2(C)C. The molecule has 5 rings (SSSR count). The smallest absolute Gasteiger partial charge is 0.407 e. The van der Waals surface area contributed by atoms with Crippen molar-refractivity contribution in [2.24, 2.45) is 22.7 Å². The van der Waals surface area contributed by atoms with E-state index in [0.29, 0.717) is 0 Å². The van der Waals surface area contributed by atoms with Gasteiger partial charge in [0.25, 0.3) is 0 Å². The number of Topliss-reactive ketones (excluding diaryl/α,β-unsaturated/α-hetero) is 1. The predicted molar refractivity (Wildman–Crippen MR) is 198 cm³/mol. The largest absolute Gasteiger partial charge is 0.456 e. The summed E-state index contributed by atoms with van der Waals surface area (Å²) >= 11 is 0. The maximum atomic E-state index is 15.3. The fraction of sp³-hybridized carbons (Fsp3) is 0.610. The normalized spacial score (nSPS) is 33.7. The second-order valence-electron chi connectivity index (χ2n) is 16.4. The second kappa shape index (κ2) is 16.0. The van der Waals surface area contributed by atoms with Crippen LogP contribution < -0.4 is 5.32 Å². The number of ether oxygens (including phenoxy) is 6. The number of amides is 1. The maximum Gasteiger partial charge on any atom is 0.407 e. The Hall–Kier alpha value is -4.64. The molecule has 57 heavy (non-hydrogen) atoms. The lowest BCUT2D eigenvalue weighted by Crippen LogP contribution is -2.82. The number of esters is 4. The molecule has 0 aromatic heterocycles. The molecule has 1 heterocycles. The third-order valence-corrected chi connectivity index (χ3v) is 12.4. The number of hydrogen-bond acceptors (Lipinski definition) is 15. The van der Waals surface area contributed by atoms with E-state index in [0.717, 1.165) is 13.8 Å². The molecule has 1 aliphatic heterocycles. The number of carbonyl (C=O) groups is 6. The van der Waals surface area contributed by atoms with Crippen LogP contribution in [0.2, 0.25) is 0 Å². The van der Waals surface area contributed by atoms with Gasteiger partial charge in [-0.3, -0.25) is 14.4 Å². The fourth-order valence-corrected chi connectivity index (χ4v) is 9.30. The number of alkyl carbamates (subject to hydrolysis) is 1. The predicted octanol–water partition coefficient (Wildman–Crippen LogP) is 2.50. The van der Waals surface area contributed by atoms with E-state index >= 15 is 4.79 Å². The zero-order valence-electron chi connectivity index (χ0n) is 33.4. The summed E-state index contributed by atoms with van der Waals surface area (Å²) in [6, 6.07) is 6.60. The van der Waals surface area contributed by atoms with E-state index in [4.69, 9.17) is 28.4 Å². The molecule has 0 radical (unpaired) electrons. The highest BCUT2D eigenvalue weighted by atomic mass is 16.6. The third kappa shape index (κ3) is 7.36. The van der Waals surface area contributed by atoms with Crippen LogP contribution in [0.4, 0.5) is 4.79 Å². The van der Waals surface area contributed by atoms with Crippen LogP contribution in [0.25, 0.3) is 0 Å². The van der Waals surface area contributed by atoms with Crippen LogP contribution in [0, 0.1) is 22.7 Å². The van der Waals surface area contributed by atoms with Crippen LogP contribution >= 0.6 is 0 Å². The minimum Gasteiger partial charge on any atom is -0.456 e. The van der Waals surface area contributed by atoms with Gasteiger partial charge in [-0.25, -0.2) is 14.4 Å². The topological polar surface area (TPSA) is 231 Å². The average molecular weight is 800 g/mol. The molecule has 1 aromatic rings. The van der Waals surface area contributed by atoms with Crippen molar-refractivity contribution in [1.29, 1.82) is 0 Å². The van der Waals surface area contributed by atoms with E-state index in [-0.39, 0.29) is 36.3 Å². The van der Waals surface area contributed by atoms with Crippen molar-refractivity contribution in [3.05, 3.63) is 59.7 Å². The van der Waals surface area contributed by atoms with E-state index in [1.54, 1.807) is 45.9 Å². The van der Waals surface area contributed by atoms with E-state index in [2.05, 4.69) is 11.9 Å². The molecule has 3 fully saturated rings. The van der Waals surface area contributed by atoms with Gasteiger partial charge in [-0.1, -0.05) is 58.5 Å². The van der Waals surface area contributed by atoms with Gasteiger partial charge in [-0.15, -0.1) is 0 Å². The molecular formula is C41H53NO15. The molecule has 2 bridgehead atoms. The molecular weight excluding hydrogens is 746 g/mol. The first-order valence-electron chi connectivity index (χ1n) is 18.9. The number of benzene rings is 1. The van der Waals surface area contributed by atoms with Crippen LogP contribution in [-0.2, 0) is 47.6 Å². The number of rotatable bonds is 11. The van der Waals surface area contributed by atoms with Gasteiger partial charge in [-0.2, -0.15) is 0 Å². The Labute approximate surface area is 330 Å². The molecule has 1 unspecified atom stereocenters. The Bertz CT molecular complexity index is 1820. The van der Waals surface area contributed by atoms with Crippen molar-refractivity contribution in [3.63, 3.8) is 0 Å². The summed E-state index contributed by atoms with van der Waals surface area (Å²) in [7, 11) is 0. The van der Waals surface area contributed by atoms with Crippen molar-refractivity contribution < 1.29 is 72.5 Å². The first kappa shape index (κ1) is 43.5. The van der Waals surface area contributed by atoms with Gasteiger partial charge < -0.3 is 49.1 Å². The van der Waals surface area contributed by atoms with Crippen molar-refractivity contribution in [1.82, 2.24) is 5.32 Å². The fourth-order valence-electron chi connectivity index (χ4n) is 9.30. The van der Waals surface area contributed by atoms with Gasteiger partial charge in [0, 0.05) is 32.1 Å². The van der Waals surface area contributed by atoms with Crippen molar-refractivity contribution in [3.8, 4) is 0 Å². The lowest BCUT2D eigenvalue weighted by molar-refractivity contribution is -0.346. The van der Waals surface area contributed by atoms with Crippen LogP contribution in [-0.4, -0.2) is 118 Å². The molecule has 0 spiro atoms. The van der Waals surface area contributed by atoms with E-state index in [1.165, 1.54) is 32.1 Å². The summed E-state index contributed by atoms with van der Waals surface area (Å²) in [6.07, 6.45) is -9.97. The number of aliphatic hydroxyl groups is 3. The Kier molecular flexibility index (Phi) is 12.2. The minimum absolute atomic E-state index is 0.00330. The standard InChI is InChI=1S/C41H53NO15/c1-10-16-52-37(50)42-29(20(2)3)30(46)36(49)55-25-18-41(51)34(56-35(48)24-14-12-11-13-15-24)32-39(9,26(45)17-27-40(32,19-53-27)57-23(6)44)33(47)31(54-22(5)43)28(21(25)4)38(41,7)8/h10-15,20,25-27,29-32,34,45-46,51H,1,16-19H2,2-9H3,(H,42,50)/t25?,26-,27+,29-,30+,31+,32-,34-,39+,40-,41+/m0/s1. The van der Waals surface area contributed by atoms with Crippen molar-refractivity contribution in [2.45, 2.75) is 122 Å². The van der Waals surface area contributed by atoms with E-state index in [9.17, 15) is 39.3 Å². The van der Waals surface area contributed by atoms with Crippen molar-refractivity contribution in [2.75, 3.05) is 13.2 Å². The molecule has 1 amide bonds. The average Bonchev–Trinajstić information content (AvgIpc) is 3.13. The van der Waals surface area contributed by atoms with E-state index in [1.807, 2.05) is 0 Å². The molecule has 2 saturated carbocycles. The number of nitrogens with one attached hydrogen (secondary N) is 1. The monoisotopic (exact) mass is 799 g/mol. The van der Waals surface area contributed by atoms with Gasteiger partial charge in [0.05, 0.1) is 35.6 Å². The summed E-state index contributed by atoms with van der Waals surface area (Å²) in [6.45, 7) is 14.5. The van der Waals surface area contributed by atoms with Crippen LogP contribution in [0.5, 0.6) is 0 Å². The van der Waals surface area contributed by atoms with Crippen molar-refractivity contribution >= 4 is 35.8 Å². The molecule has 16 nitrogen and oxygen atoms in total. The number of carbonyl (C=O) groups excluding carboxylic acids is 6. The van der Waals surface area contributed by atoms with Gasteiger partial charge >= 0.3 is 30.0 Å². The second-order valence-corrected chi connectivity index (χ2v) is 16.4. The van der Waals surface area contributed by atoms with Crippen LogP contribution in [0.3, 0.4) is 0 Å². The molecule has 3 aliphatic carbocycles. The van der Waals surface area contributed by atoms with E-state index < -0.39 is 119 Å². The Morgan fingerprint density at radius 2 is 1.68 bits per heavy atom. The highest BCUT2D eigenvalue weighted by molar-refractivity contribution is 5.95. The van der Waals surface area contributed by atoms with Crippen LogP contribution in [0.1, 0.15) is 78.6 Å². The third-order valence-electron chi connectivity index (χ3n) is 12.4. The summed E-state index contributed by atoms with van der Waals surface area (Å²) < 4.78 is 34.9. The zero-order chi connectivity index (χ0) is 42.4. The molecule has 11 atom stereocenters. The van der Waals surface area contributed by atoms with Gasteiger partial charge in [0.1, 0.15) is 30.5 Å². The Balaban J connectivity index is 1.74. The number of ketones is 1. The molecule has 4 aliphatic rings. The van der Waals surface area contributed by atoms with Crippen LogP contribution in [0.15, 0.2) is 54.1 Å². The maximum absolute atomic E-state index is 15.3. The highest BCUT2D eigenvalue weighted by Gasteiger charge is 2.78. The summed E-state index contributed by atoms with van der Waals surface area (Å²) in [5.74, 6) is -6.76. The first-order chi connectivity index (χ1) is 26.6. The quantitative estimate of drug-likeness (QED) is 0.143. The lowest BCUT2D eigenvalue weighted by Gasteiger charge is -2.67. The summed E-state index contributed by atoms with van der Waals surface area (Å²) in [5, 5.41) is 39.2. The number of aliphatic hydroxyl groups excluding tert-OH is 2. The molecule has 1 aromatic carbocycles. The van der Waals surface area contributed by atoms with Gasteiger partial charge in [0.15, 0.2) is 23.6 Å². The Morgan fingerprint density at radius 3 is 2.23 bits per heavy atom. The first-order valence-corrected chi connectivity index (χ1v) is 18.9. The summed E-state index contributed by atoms with van der Waals surface area (Å²) in [5.41, 5.74) is -7.59. The van der Waals surface area contributed by atoms with Gasteiger partial charge in [-0.05, 0) is 43.0 Å².